The fourth-order valence-corrected chi connectivity index (χ4v) is 2.35. The molecular weight excluding hydrogens is 319 g/mol. The molecule has 1 aliphatic rings. The maximum atomic E-state index is 11.8. The van der Waals surface area contributed by atoms with Gasteiger partial charge in [-0.2, -0.15) is 0 Å². The number of methoxy groups -OCH3 is 1. The molecule has 10 heteroatoms. The van der Waals surface area contributed by atoms with Crippen molar-refractivity contribution in [3.8, 4) is 5.75 Å². The number of hydrogen-bond acceptors (Lipinski definition) is 6. The summed E-state index contributed by atoms with van der Waals surface area (Å²) in [5.41, 5.74) is 0.539. The van der Waals surface area contributed by atoms with Crippen molar-refractivity contribution < 1.29 is 33.9 Å². The van der Waals surface area contributed by atoms with E-state index in [-0.39, 0.29) is 30.7 Å². The van der Waals surface area contributed by atoms with Crippen molar-refractivity contribution in [2.24, 2.45) is 0 Å². The topological polar surface area (TPSA) is 134 Å². The monoisotopic (exact) mass is 336 g/mol. The second-order valence-electron chi connectivity index (χ2n) is 5.15. The van der Waals surface area contributed by atoms with Crippen LogP contribution in [0, 0.1) is 0 Å². The van der Waals surface area contributed by atoms with Crippen LogP contribution in [0.1, 0.15) is 22.3 Å². The van der Waals surface area contributed by atoms with Crippen molar-refractivity contribution in [2.45, 2.75) is 18.8 Å². The Hall–Kier alpha value is -2.75. The minimum absolute atomic E-state index is 0.000340. The van der Waals surface area contributed by atoms with E-state index in [0.29, 0.717) is 5.56 Å². The normalized spacial score (nSPS) is 15.8. The van der Waals surface area contributed by atoms with Gasteiger partial charge in [0.2, 0.25) is 5.91 Å². The molecule has 0 saturated heterocycles. The molecule has 0 saturated carbocycles. The third-order valence-corrected chi connectivity index (χ3v) is 3.50. The molecule has 1 atom stereocenters. The molecule has 1 heterocycles. The molecule has 1 aromatic carbocycles. The minimum atomic E-state index is -1.37. The molecule has 9 nitrogen and oxygen atoms in total. The van der Waals surface area contributed by atoms with Gasteiger partial charge in [-0.15, -0.1) is 0 Å². The van der Waals surface area contributed by atoms with Gasteiger partial charge in [0.05, 0.1) is 18.6 Å². The highest BCUT2D eigenvalue weighted by Crippen LogP contribution is 2.30. The number of benzene rings is 1. The Kier molecular flexibility index (Phi) is 5.64. The van der Waals surface area contributed by atoms with Crippen LogP contribution >= 0.6 is 0 Å². The molecule has 0 aromatic heterocycles. The fourth-order valence-electron chi connectivity index (χ4n) is 2.35. The molecule has 128 valence electrons. The van der Waals surface area contributed by atoms with Gasteiger partial charge in [0.1, 0.15) is 5.75 Å². The number of amides is 2. The van der Waals surface area contributed by atoms with Gasteiger partial charge in [0, 0.05) is 13.0 Å². The number of carboxylic acids is 1. The van der Waals surface area contributed by atoms with E-state index in [1.807, 2.05) is 0 Å². The molecule has 2 amide bonds. The van der Waals surface area contributed by atoms with Crippen molar-refractivity contribution in [1.29, 1.82) is 0 Å². The van der Waals surface area contributed by atoms with Gasteiger partial charge in [0.25, 0.3) is 0 Å². The summed E-state index contributed by atoms with van der Waals surface area (Å²) in [6.45, 7) is 0.0852. The van der Waals surface area contributed by atoms with Crippen LogP contribution in [0.2, 0.25) is 0 Å². The smallest absolute Gasteiger partial charge is 0.534 e. The quantitative estimate of drug-likeness (QED) is 0.536. The van der Waals surface area contributed by atoms with E-state index in [9.17, 15) is 19.4 Å². The Bertz CT molecular complexity index is 652. The highest BCUT2D eigenvalue weighted by atomic mass is 16.5. The van der Waals surface area contributed by atoms with Crippen LogP contribution in [-0.2, 0) is 16.0 Å². The first kappa shape index (κ1) is 17.6. The maximum absolute atomic E-state index is 11.8. The van der Waals surface area contributed by atoms with Gasteiger partial charge < -0.3 is 30.2 Å². The van der Waals surface area contributed by atoms with Gasteiger partial charge in [-0.3, -0.25) is 4.79 Å². The molecule has 24 heavy (non-hydrogen) atoms. The molecule has 1 aliphatic heterocycles. The Morgan fingerprint density at radius 3 is 2.83 bits per heavy atom. The first-order valence-electron chi connectivity index (χ1n) is 7.23. The van der Waals surface area contributed by atoms with Crippen LogP contribution in [0.15, 0.2) is 18.2 Å². The van der Waals surface area contributed by atoms with Gasteiger partial charge in [0.15, 0.2) is 0 Å². The third-order valence-electron chi connectivity index (χ3n) is 3.50. The second kappa shape index (κ2) is 7.69. The molecule has 0 bridgehead atoms. The molecule has 2 rings (SSSR count). The molecular formula is C14H17BN2O7. The van der Waals surface area contributed by atoms with Crippen LogP contribution in [0.25, 0.3) is 0 Å². The van der Waals surface area contributed by atoms with E-state index < -0.39 is 31.0 Å². The summed E-state index contributed by atoms with van der Waals surface area (Å²) in [6, 6.07) is 4.62. The van der Waals surface area contributed by atoms with Crippen molar-refractivity contribution in [1.82, 2.24) is 10.6 Å². The number of carbonyl (C=O) groups excluding carboxylic acids is 2. The number of alkyl carbamates (subject to hydrolysis) is 1. The zero-order valence-corrected chi connectivity index (χ0v) is 12.9. The number of carbonyl (C=O) groups is 3. The van der Waals surface area contributed by atoms with E-state index in [1.165, 1.54) is 13.2 Å². The molecule has 0 radical (unpaired) electrons. The minimum Gasteiger partial charge on any atom is -0.534 e. The van der Waals surface area contributed by atoms with E-state index in [1.54, 1.807) is 12.1 Å². The number of fused-ring (bicyclic) bond motifs is 1. The maximum Gasteiger partial charge on any atom is 0.547 e. The van der Waals surface area contributed by atoms with Gasteiger partial charge in [-0.05, 0) is 18.1 Å². The number of nitrogens with one attached hydrogen (secondary N) is 2. The highest BCUT2D eigenvalue weighted by Gasteiger charge is 2.37. The number of ether oxygens (including phenoxy) is 1. The van der Waals surface area contributed by atoms with E-state index in [0.717, 1.165) is 0 Å². The zero-order valence-electron chi connectivity index (χ0n) is 12.9. The summed E-state index contributed by atoms with van der Waals surface area (Å²) >= 11 is 0. The predicted molar refractivity (Wildman–Crippen MR) is 82.7 cm³/mol. The summed E-state index contributed by atoms with van der Waals surface area (Å²) in [5.74, 6) is -2.16. The molecule has 0 unspecified atom stereocenters. The Balaban J connectivity index is 1.96. The summed E-state index contributed by atoms with van der Waals surface area (Å²) in [4.78, 5) is 33.9. The van der Waals surface area contributed by atoms with Crippen molar-refractivity contribution in [3.63, 3.8) is 0 Å². The largest absolute Gasteiger partial charge is 0.547 e. The molecule has 4 N–H and O–H groups in total. The Morgan fingerprint density at radius 1 is 1.42 bits per heavy atom. The first-order valence-corrected chi connectivity index (χ1v) is 7.23. The van der Waals surface area contributed by atoms with Crippen molar-refractivity contribution in [2.75, 3.05) is 13.7 Å². The highest BCUT2D eigenvalue weighted by molar-refractivity contribution is 6.47. The summed E-state index contributed by atoms with van der Waals surface area (Å²) in [5, 5.41) is 24.1. The van der Waals surface area contributed by atoms with Gasteiger partial charge in [-0.1, -0.05) is 12.1 Å². The zero-order chi connectivity index (χ0) is 17.7. The lowest BCUT2D eigenvalue weighted by molar-refractivity contribution is -0.121. The lowest BCUT2D eigenvalue weighted by Gasteiger charge is -2.28. The van der Waals surface area contributed by atoms with Crippen molar-refractivity contribution in [3.05, 3.63) is 29.3 Å². The van der Waals surface area contributed by atoms with Crippen LogP contribution < -0.4 is 15.3 Å². The van der Waals surface area contributed by atoms with Gasteiger partial charge >= 0.3 is 19.2 Å². The summed E-state index contributed by atoms with van der Waals surface area (Å²) in [7, 11) is -0.149. The number of hydrogen-bond donors (Lipinski definition) is 4. The van der Waals surface area contributed by atoms with Crippen LogP contribution in [0.3, 0.4) is 0 Å². The van der Waals surface area contributed by atoms with Crippen LogP contribution in [0.5, 0.6) is 5.75 Å². The van der Waals surface area contributed by atoms with Crippen LogP contribution in [0.4, 0.5) is 4.79 Å². The van der Waals surface area contributed by atoms with Crippen LogP contribution in [-0.4, -0.2) is 54.8 Å². The Morgan fingerprint density at radius 2 is 2.17 bits per heavy atom. The predicted octanol–water partition coefficient (Wildman–Crippen LogP) is -0.430. The van der Waals surface area contributed by atoms with Gasteiger partial charge in [-0.25, -0.2) is 9.59 Å². The average Bonchev–Trinajstić information content (AvgIpc) is 2.54. The average molecular weight is 336 g/mol. The van der Waals surface area contributed by atoms with Crippen molar-refractivity contribution >= 4 is 25.1 Å². The SMILES string of the molecule is COC(=O)NCCC(=O)N[C@H]1Cc2cccc(C(=O)O)c2OB1O. The number of rotatable bonds is 5. The molecule has 0 spiro atoms. The van der Waals surface area contributed by atoms with E-state index in [2.05, 4.69) is 15.4 Å². The number of carboxylic acid groups (broad SMARTS) is 1. The standard InChI is InChI=1S/C14H17BN2O7/c1-23-14(21)16-6-5-11(18)17-10-7-8-3-2-4-9(13(19)20)12(8)24-15(10)22/h2-4,10,22H,5-7H2,1H3,(H,16,21)(H,17,18)(H,19,20)/t10-/m0/s1. The molecule has 1 aromatic rings. The molecule has 0 fully saturated rings. The Labute approximate surface area is 138 Å². The van der Waals surface area contributed by atoms with E-state index in [4.69, 9.17) is 9.76 Å². The number of aromatic carboxylic acids is 1. The summed E-state index contributed by atoms with van der Waals surface area (Å²) < 4.78 is 9.65. The van der Waals surface area contributed by atoms with E-state index >= 15 is 0 Å². The first-order chi connectivity index (χ1) is 11.4. The lowest BCUT2D eigenvalue weighted by Crippen LogP contribution is -2.53. The fraction of sp³-hybridized carbons (Fsp3) is 0.357. The second-order valence-corrected chi connectivity index (χ2v) is 5.15. The summed E-state index contributed by atoms with van der Waals surface area (Å²) in [6.07, 6.45) is -0.410. The number of para-hydroxylation sites is 1. The third kappa shape index (κ3) is 4.16. The molecule has 0 aliphatic carbocycles. The lowest BCUT2D eigenvalue weighted by atomic mass is 9.72.